The smallest absolute Gasteiger partial charge is 0.258 e. The van der Waals surface area contributed by atoms with Crippen molar-refractivity contribution in [3.63, 3.8) is 0 Å². The third-order valence-corrected chi connectivity index (χ3v) is 4.93. The molecule has 1 aromatic carbocycles. The third kappa shape index (κ3) is 2.93. The summed E-state index contributed by atoms with van der Waals surface area (Å²) in [5.41, 5.74) is 0.0814. The molecule has 0 aromatic heterocycles. The minimum absolute atomic E-state index is 0.0268. The Bertz CT molecular complexity index is 620. The van der Waals surface area contributed by atoms with Gasteiger partial charge in [0.25, 0.3) is 5.91 Å². The molecule has 0 saturated carbocycles. The molecule has 0 radical (unpaired) electrons. The Labute approximate surface area is 136 Å². The number of benzene rings is 1. The number of nitrogens with one attached hydrogen (secondary N) is 1. The van der Waals surface area contributed by atoms with Crippen molar-refractivity contribution in [2.24, 2.45) is 0 Å². The molecule has 0 aliphatic carbocycles. The molecule has 1 amide bonds. The van der Waals surface area contributed by atoms with Gasteiger partial charge in [-0.3, -0.25) is 9.69 Å². The van der Waals surface area contributed by atoms with Crippen LogP contribution in [0.2, 0.25) is 0 Å². The summed E-state index contributed by atoms with van der Waals surface area (Å²) in [4.78, 5) is 14.7. The Balaban J connectivity index is 1.39. The summed E-state index contributed by atoms with van der Waals surface area (Å²) in [5, 5.41) is 3.08. The lowest BCUT2D eigenvalue weighted by Crippen LogP contribution is -2.61. The second-order valence-corrected chi connectivity index (χ2v) is 6.55. The van der Waals surface area contributed by atoms with Crippen LogP contribution in [0.4, 0.5) is 0 Å². The molecule has 1 unspecified atom stereocenters. The fourth-order valence-corrected chi connectivity index (χ4v) is 3.58. The lowest BCUT2D eigenvalue weighted by Gasteiger charge is -2.45. The minimum atomic E-state index is -0.546. The van der Waals surface area contributed by atoms with Crippen LogP contribution in [0.5, 0.6) is 5.75 Å². The summed E-state index contributed by atoms with van der Waals surface area (Å²) in [5.74, 6) is 0.673. The summed E-state index contributed by atoms with van der Waals surface area (Å²) in [7, 11) is 0. The number of likely N-dealkylation sites (tertiary alicyclic amines) is 1. The van der Waals surface area contributed by atoms with Crippen LogP contribution in [-0.4, -0.2) is 42.3 Å². The molecule has 3 heterocycles. The zero-order valence-corrected chi connectivity index (χ0v) is 13.2. The summed E-state index contributed by atoms with van der Waals surface area (Å²) in [6, 6.07) is 7.46. The van der Waals surface area contributed by atoms with Crippen LogP contribution in [0, 0.1) is 0 Å². The van der Waals surface area contributed by atoms with Crippen molar-refractivity contribution in [2.75, 3.05) is 19.6 Å². The van der Waals surface area contributed by atoms with E-state index in [1.165, 1.54) is 0 Å². The van der Waals surface area contributed by atoms with Crippen LogP contribution in [0.3, 0.4) is 0 Å². The average molecular weight is 314 g/mol. The molecule has 122 valence electrons. The monoisotopic (exact) mass is 314 g/mol. The van der Waals surface area contributed by atoms with E-state index in [0.717, 1.165) is 45.3 Å². The highest BCUT2D eigenvalue weighted by Crippen LogP contribution is 2.33. The highest BCUT2D eigenvalue weighted by molar-refractivity contribution is 5.98. The molecule has 1 saturated heterocycles. The maximum Gasteiger partial charge on any atom is 0.258 e. The summed E-state index contributed by atoms with van der Waals surface area (Å²) < 4.78 is 11.8. The molecule has 1 N–H and O–H groups in total. The van der Waals surface area contributed by atoms with Crippen LogP contribution in [0.25, 0.3) is 0 Å². The Morgan fingerprint density at radius 1 is 1.26 bits per heavy atom. The zero-order valence-electron chi connectivity index (χ0n) is 13.2. The van der Waals surface area contributed by atoms with Gasteiger partial charge in [-0.05, 0) is 31.1 Å². The first kappa shape index (κ1) is 14.6. The number of fused-ring (bicyclic) bond motifs is 1. The fourth-order valence-electron chi connectivity index (χ4n) is 3.58. The Hall–Kier alpha value is -2.01. The first-order chi connectivity index (χ1) is 11.2. The fraction of sp³-hybridized carbons (Fsp3) is 0.500. The summed E-state index contributed by atoms with van der Waals surface area (Å²) in [6.07, 6.45) is 7.96. The molecule has 4 rings (SSSR count). The van der Waals surface area contributed by atoms with Crippen molar-refractivity contribution >= 4 is 5.91 Å². The molecule has 5 nitrogen and oxygen atoms in total. The Morgan fingerprint density at radius 3 is 2.87 bits per heavy atom. The largest absolute Gasteiger partial charge is 0.497 e. The number of rotatable bonds is 2. The number of hydrogen-bond donors (Lipinski definition) is 1. The number of para-hydroxylation sites is 1. The number of allylic oxidation sites excluding steroid dienone is 1. The predicted molar refractivity (Wildman–Crippen MR) is 86.2 cm³/mol. The number of carbonyl (C=O) groups is 1. The van der Waals surface area contributed by atoms with E-state index in [0.29, 0.717) is 11.3 Å². The van der Waals surface area contributed by atoms with E-state index in [1.807, 2.05) is 24.5 Å². The Morgan fingerprint density at radius 2 is 2.09 bits per heavy atom. The van der Waals surface area contributed by atoms with Gasteiger partial charge in [0, 0.05) is 32.5 Å². The SMILES string of the molecule is O=C1NC2(CCN(CC3CCC=CO3)CC2)Oc2ccccc21. The predicted octanol–water partition coefficient (Wildman–Crippen LogP) is 2.29. The molecule has 1 aromatic rings. The van der Waals surface area contributed by atoms with Gasteiger partial charge in [0.1, 0.15) is 11.9 Å². The van der Waals surface area contributed by atoms with Gasteiger partial charge in [-0.2, -0.15) is 0 Å². The van der Waals surface area contributed by atoms with Crippen molar-refractivity contribution in [1.82, 2.24) is 10.2 Å². The number of amides is 1. The van der Waals surface area contributed by atoms with E-state index >= 15 is 0 Å². The molecule has 23 heavy (non-hydrogen) atoms. The van der Waals surface area contributed by atoms with Crippen molar-refractivity contribution in [3.05, 3.63) is 42.2 Å². The Kier molecular flexibility index (Phi) is 3.73. The van der Waals surface area contributed by atoms with Crippen molar-refractivity contribution < 1.29 is 14.3 Å². The van der Waals surface area contributed by atoms with Gasteiger partial charge < -0.3 is 14.8 Å². The van der Waals surface area contributed by atoms with Crippen molar-refractivity contribution in [1.29, 1.82) is 0 Å². The van der Waals surface area contributed by atoms with E-state index in [9.17, 15) is 4.79 Å². The molecular formula is C18H22N2O3. The maximum absolute atomic E-state index is 12.3. The second kappa shape index (κ2) is 5.89. The lowest BCUT2D eigenvalue weighted by atomic mass is 9.96. The molecule has 0 bridgehead atoms. The van der Waals surface area contributed by atoms with Crippen molar-refractivity contribution in [3.8, 4) is 5.75 Å². The van der Waals surface area contributed by atoms with Crippen LogP contribution >= 0.6 is 0 Å². The molecule has 1 fully saturated rings. The number of hydrogen-bond acceptors (Lipinski definition) is 4. The van der Waals surface area contributed by atoms with Gasteiger partial charge in [-0.25, -0.2) is 0 Å². The number of carbonyl (C=O) groups excluding carboxylic acids is 1. The van der Waals surface area contributed by atoms with E-state index in [1.54, 1.807) is 6.07 Å². The first-order valence-electron chi connectivity index (χ1n) is 8.37. The van der Waals surface area contributed by atoms with Crippen LogP contribution in [0.15, 0.2) is 36.6 Å². The van der Waals surface area contributed by atoms with E-state index < -0.39 is 5.72 Å². The quantitative estimate of drug-likeness (QED) is 0.910. The van der Waals surface area contributed by atoms with Gasteiger partial charge in [0.15, 0.2) is 5.72 Å². The van der Waals surface area contributed by atoms with E-state index in [2.05, 4.69) is 16.3 Å². The van der Waals surface area contributed by atoms with Gasteiger partial charge in [0.2, 0.25) is 0 Å². The maximum atomic E-state index is 12.3. The van der Waals surface area contributed by atoms with Crippen LogP contribution in [-0.2, 0) is 4.74 Å². The number of piperidine rings is 1. The molecule has 3 aliphatic heterocycles. The summed E-state index contributed by atoms with van der Waals surface area (Å²) in [6.45, 7) is 2.77. The summed E-state index contributed by atoms with van der Waals surface area (Å²) >= 11 is 0. The molecule has 1 atom stereocenters. The topological polar surface area (TPSA) is 50.8 Å². The van der Waals surface area contributed by atoms with Gasteiger partial charge >= 0.3 is 0 Å². The van der Waals surface area contributed by atoms with Gasteiger partial charge in [0.05, 0.1) is 11.8 Å². The average Bonchev–Trinajstić information content (AvgIpc) is 2.58. The van der Waals surface area contributed by atoms with Crippen molar-refractivity contribution in [2.45, 2.75) is 37.5 Å². The highest BCUT2D eigenvalue weighted by Gasteiger charge is 2.42. The molecule has 1 spiro atoms. The van der Waals surface area contributed by atoms with Gasteiger partial charge in [-0.15, -0.1) is 0 Å². The molecular weight excluding hydrogens is 292 g/mol. The number of ether oxygens (including phenoxy) is 2. The van der Waals surface area contributed by atoms with Gasteiger partial charge in [-0.1, -0.05) is 12.1 Å². The van der Waals surface area contributed by atoms with Crippen LogP contribution < -0.4 is 10.1 Å². The normalized spacial score (nSPS) is 26.1. The molecule has 5 heteroatoms. The van der Waals surface area contributed by atoms with E-state index in [-0.39, 0.29) is 12.0 Å². The second-order valence-electron chi connectivity index (χ2n) is 6.55. The van der Waals surface area contributed by atoms with Crippen LogP contribution in [0.1, 0.15) is 36.0 Å². The third-order valence-electron chi connectivity index (χ3n) is 4.93. The zero-order chi connectivity index (χ0) is 15.7. The minimum Gasteiger partial charge on any atom is -0.497 e. The molecule has 3 aliphatic rings. The standard InChI is InChI=1S/C18H22N2O3/c21-17-15-6-1-2-7-16(15)23-18(19-17)8-10-20(11-9-18)13-14-5-3-4-12-22-14/h1-2,4,6-7,12,14H,3,5,8-11,13H2,(H,19,21). The first-order valence-corrected chi connectivity index (χ1v) is 8.37. The van der Waals surface area contributed by atoms with E-state index in [4.69, 9.17) is 9.47 Å². The highest BCUT2D eigenvalue weighted by atomic mass is 16.5. The number of nitrogens with zero attached hydrogens (tertiary/aromatic N) is 1. The lowest BCUT2D eigenvalue weighted by molar-refractivity contribution is -0.0378.